The maximum absolute atomic E-state index is 13.3. The monoisotopic (exact) mass is 348 g/mol. The zero-order valence-corrected chi connectivity index (χ0v) is 13.1. The van der Waals surface area contributed by atoms with E-state index in [0.717, 1.165) is 12.1 Å². The Hall–Kier alpha value is -2.83. The summed E-state index contributed by atoms with van der Waals surface area (Å²) in [6.45, 7) is 0.386. The number of benzene rings is 2. The van der Waals surface area contributed by atoms with Gasteiger partial charge in [0.1, 0.15) is 0 Å². The van der Waals surface area contributed by atoms with Crippen LogP contribution in [0.5, 0.6) is 0 Å². The number of rotatable bonds is 3. The lowest BCUT2D eigenvalue weighted by molar-refractivity contribution is -0.122. The number of hydrogen-bond donors (Lipinski definition) is 2. The van der Waals surface area contributed by atoms with E-state index in [-0.39, 0.29) is 23.4 Å². The van der Waals surface area contributed by atoms with E-state index in [2.05, 4.69) is 10.6 Å². The summed E-state index contributed by atoms with van der Waals surface area (Å²) in [5.41, 5.74) is 1.02. The average Bonchev–Trinajstić information content (AvgIpc) is 2.61. The lowest BCUT2D eigenvalue weighted by atomic mass is 10.0. The summed E-state index contributed by atoms with van der Waals surface area (Å²) < 4.78 is 39.6. The van der Waals surface area contributed by atoms with Crippen molar-refractivity contribution in [3.8, 4) is 11.1 Å². The molecule has 1 fully saturated rings. The summed E-state index contributed by atoms with van der Waals surface area (Å²) in [7, 11) is 0. The van der Waals surface area contributed by atoms with Gasteiger partial charge < -0.3 is 10.6 Å². The first kappa shape index (κ1) is 17.0. The van der Waals surface area contributed by atoms with Crippen LogP contribution in [-0.2, 0) is 4.79 Å². The molecule has 0 unspecified atom stereocenters. The minimum absolute atomic E-state index is 0.0337. The molecule has 0 bridgehead atoms. The number of halogens is 3. The molecule has 3 rings (SSSR count). The van der Waals surface area contributed by atoms with E-state index in [1.807, 2.05) is 0 Å². The highest BCUT2D eigenvalue weighted by Gasteiger charge is 2.20. The molecule has 25 heavy (non-hydrogen) atoms. The van der Waals surface area contributed by atoms with Crippen molar-refractivity contribution in [2.75, 3.05) is 6.54 Å². The molecule has 4 nitrogen and oxygen atoms in total. The van der Waals surface area contributed by atoms with E-state index in [9.17, 15) is 22.8 Å². The highest BCUT2D eigenvalue weighted by atomic mass is 19.2. The first-order valence-electron chi connectivity index (χ1n) is 7.76. The maximum atomic E-state index is 13.3. The first-order valence-corrected chi connectivity index (χ1v) is 7.76. The molecule has 0 aromatic heterocycles. The Labute approximate surface area is 142 Å². The van der Waals surface area contributed by atoms with Crippen molar-refractivity contribution in [3.63, 3.8) is 0 Å². The minimum atomic E-state index is -1.51. The fourth-order valence-corrected chi connectivity index (χ4v) is 2.66. The van der Waals surface area contributed by atoms with Gasteiger partial charge in [-0.25, -0.2) is 13.2 Å². The second-order valence-corrected chi connectivity index (χ2v) is 5.84. The molecule has 2 aromatic rings. The average molecular weight is 348 g/mol. The molecule has 0 aliphatic carbocycles. The number of amides is 2. The summed E-state index contributed by atoms with van der Waals surface area (Å²) in [6, 6.07) is 7.77. The molecule has 1 aliphatic heterocycles. The molecule has 130 valence electrons. The van der Waals surface area contributed by atoms with Gasteiger partial charge in [0.2, 0.25) is 5.91 Å². The summed E-state index contributed by atoms with van der Waals surface area (Å²) in [4.78, 5) is 23.3. The number of piperidine rings is 1. The highest BCUT2D eigenvalue weighted by Crippen LogP contribution is 2.24. The number of hydrogen-bond acceptors (Lipinski definition) is 2. The van der Waals surface area contributed by atoms with Crippen LogP contribution in [0.15, 0.2) is 36.4 Å². The van der Waals surface area contributed by atoms with Crippen LogP contribution in [0.1, 0.15) is 23.2 Å². The molecular formula is C18H15F3N2O2. The quantitative estimate of drug-likeness (QED) is 0.838. The van der Waals surface area contributed by atoms with Crippen LogP contribution < -0.4 is 10.6 Å². The van der Waals surface area contributed by atoms with Gasteiger partial charge in [0.05, 0.1) is 0 Å². The zero-order valence-electron chi connectivity index (χ0n) is 13.1. The molecule has 1 saturated heterocycles. The third-order valence-electron chi connectivity index (χ3n) is 4.06. The van der Waals surface area contributed by atoms with Gasteiger partial charge in [-0.05, 0) is 41.8 Å². The molecule has 7 heteroatoms. The van der Waals surface area contributed by atoms with Crippen molar-refractivity contribution in [2.45, 2.75) is 18.9 Å². The summed E-state index contributed by atoms with van der Waals surface area (Å²) in [6.07, 6.45) is 0.940. The van der Waals surface area contributed by atoms with Crippen LogP contribution in [0.25, 0.3) is 11.1 Å². The second-order valence-electron chi connectivity index (χ2n) is 5.84. The maximum Gasteiger partial charge on any atom is 0.251 e. The Morgan fingerprint density at radius 3 is 2.24 bits per heavy atom. The van der Waals surface area contributed by atoms with E-state index >= 15 is 0 Å². The summed E-state index contributed by atoms with van der Waals surface area (Å²) >= 11 is 0. The lowest BCUT2D eigenvalue weighted by Gasteiger charge is -2.23. The minimum Gasteiger partial charge on any atom is -0.354 e. The van der Waals surface area contributed by atoms with Crippen molar-refractivity contribution < 1.29 is 22.8 Å². The third-order valence-corrected chi connectivity index (χ3v) is 4.06. The fraction of sp³-hybridized carbons (Fsp3) is 0.222. The Morgan fingerprint density at radius 1 is 1.04 bits per heavy atom. The van der Waals surface area contributed by atoms with Gasteiger partial charge in [-0.15, -0.1) is 0 Å². The molecule has 2 aromatic carbocycles. The van der Waals surface area contributed by atoms with E-state index < -0.39 is 17.5 Å². The van der Waals surface area contributed by atoms with Crippen molar-refractivity contribution >= 4 is 11.8 Å². The number of nitrogens with one attached hydrogen (secondary N) is 2. The van der Waals surface area contributed by atoms with Gasteiger partial charge in [-0.1, -0.05) is 12.1 Å². The van der Waals surface area contributed by atoms with Crippen LogP contribution in [0, 0.1) is 17.5 Å². The van der Waals surface area contributed by atoms with Crippen LogP contribution >= 0.6 is 0 Å². The van der Waals surface area contributed by atoms with Crippen molar-refractivity contribution in [1.29, 1.82) is 0 Å². The first-order chi connectivity index (χ1) is 11.9. The van der Waals surface area contributed by atoms with Crippen molar-refractivity contribution in [3.05, 3.63) is 59.4 Å². The van der Waals surface area contributed by atoms with Gasteiger partial charge in [-0.3, -0.25) is 9.59 Å². The number of carbonyl (C=O) groups is 2. The third kappa shape index (κ3) is 3.81. The van der Waals surface area contributed by atoms with Gasteiger partial charge in [0, 0.05) is 24.6 Å². The van der Waals surface area contributed by atoms with Gasteiger partial charge >= 0.3 is 0 Å². The predicted molar refractivity (Wildman–Crippen MR) is 85.2 cm³/mol. The van der Waals surface area contributed by atoms with Crippen LogP contribution in [0.4, 0.5) is 13.2 Å². The standard InChI is InChI=1S/C18H15F3N2O2/c19-14-7-12(8-15(20)17(14)21)10-1-3-11(4-2-10)18(25)23-13-5-6-16(24)22-9-13/h1-4,7-8,13H,5-6,9H2,(H,22,24)(H,23,25)/t13-/m1/s1. The molecule has 1 aliphatic rings. The summed E-state index contributed by atoms with van der Waals surface area (Å²) in [5.74, 6) is -4.38. The Kier molecular flexibility index (Phi) is 4.74. The SMILES string of the molecule is O=C1CC[C@@H](NC(=O)c2ccc(-c3cc(F)c(F)c(F)c3)cc2)CN1. The molecule has 1 atom stereocenters. The summed E-state index contributed by atoms with van der Waals surface area (Å²) in [5, 5.41) is 5.50. The van der Waals surface area contributed by atoms with Crippen molar-refractivity contribution in [1.82, 2.24) is 10.6 Å². The normalized spacial score (nSPS) is 17.1. The molecule has 2 N–H and O–H groups in total. The topological polar surface area (TPSA) is 58.2 Å². The Bertz CT molecular complexity index is 789. The van der Waals surface area contributed by atoms with Crippen LogP contribution in [-0.4, -0.2) is 24.4 Å². The molecule has 0 saturated carbocycles. The van der Waals surface area contributed by atoms with Crippen LogP contribution in [0.2, 0.25) is 0 Å². The van der Waals surface area contributed by atoms with Gasteiger partial charge in [0.25, 0.3) is 5.91 Å². The molecule has 0 spiro atoms. The molecule has 0 radical (unpaired) electrons. The van der Waals surface area contributed by atoms with E-state index in [1.165, 1.54) is 24.3 Å². The molecular weight excluding hydrogens is 333 g/mol. The lowest BCUT2D eigenvalue weighted by Crippen LogP contribution is -2.47. The molecule has 2 amide bonds. The predicted octanol–water partition coefficient (Wildman–Crippen LogP) is 2.78. The van der Waals surface area contributed by atoms with E-state index in [0.29, 0.717) is 30.5 Å². The van der Waals surface area contributed by atoms with Crippen LogP contribution in [0.3, 0.4) is 0 Å². The smallest absolute Gasteiger partial charge is 0.251 e. The van der Waals surface area contributed by atoms with Crippen molar-refractivity contribution in [2.24, 2.45) is 0 Å². The van der Waals surface area contributed by atoms with E-state index in [4.69, 9.17) is 0 Å². The Balaban J connectivity index is 1.71. The number of carbonyl (C=O) groups excluding carboxylic acids is 2. The Morgan fingerprint density at radius 2 is 1.68 bits per heavy atom. The highest BCUT2D eigenvalue weighted by molar-refractivity contribution is 5.95. The van der Waals surface area contributed by atoms with E-state index in [1.54, 1.807) is 0 Å². The second kappa shape index (κ2) is 6.96. The zero-order chi connectivity index (χ0) is 18.0. The largest absolute Gasteiger partial charge is 0.354 e. The van der Waals surface area contributed by atoms with Gasteiger partial charge in [-0.2, -0.15) is 0 Å². The fourth-order valence-electron chi connectivity index (χ4n) is 2.66. The van der Waals surface area contributed by atoms with Gasteiger partial charge in [0.15, 0.2) is 17.5 Å². The molecule has 1 heterocycles.